The Morgan fingerprint density at radius 3 is 2.14 bits per heavy atom. The molecule has 3 aliphatic rings. The molecular formula is C17H13NO3. The summed E-state index contributed by atoms with van der Waals surface area (Å²) in [6, 6.07) is 9.67. The van der Waals surface area contributed by atoms with E-state index in [2.05, 4.69) is 4.98 Å². The summed E-state index contributed by atoms with van der Waals surface area (Å²) >= 11 is 0. The first kappa shape index (κ1) is 11.3. The number of hydrogen-bond acceptors (Lipinski definition) is 4. The lowest BCUT2D eigenvalue weighted by molar-refractivity contribution is -0.0738. The first-order valence-electron chi connectivity index (χ1n) is 6.98. The number of para-hydroxylation sites is 2. The molecule has 3 aliphatic heterocycles. The summed E-state index contributed by atoms with van der Waals surface area (Å²) in [5, 5.41) is 0. The second kappa shape index (κ2) is 3.28. The summed E-state index contributed by atoms with van der Waals surface area (Å²) in [6.45, 7) is 4.04. The predicted molar refractivity (Wildman–Crippen MR) is 74.8 cm³/mol. The molecule has 0 saturated carbocycles. The van der Waals surface area contributed by atoms with Crippen molar-refractivity contribution in [2.45, 2.75) is 25.0 Å². The van der Waals surface area contributed by atoms with E-state index in [9.17, 15) is 0 Å². The Kier molecular flexibility index (Phi) is 1.77. The highest BCUT2D eigenvalue weighted by atomic mass is 16.6. The van der Waals surface area contributed by atoms with Crippen molar-refractivity contribution in [1.29, 1.82) is 0 Å². The molecule has 4 heterocycles. The van der Waals surface area contributed by atoms with Crippen molar-refractivity contribution < 1.29 is 14.2 Å². The summed E-state index contributed by atoms with van der Waals surface area (Å²) in [7, 11) is 0. The van der Waals surface area contributed by atoms with Crippen LogP contribution in [0.1, 0.15) is 25.0 Å². The highest BCUT2D eigenvalue weighted by molar-refractivity contribution is 5.58. The number of aromatic nitrogens is 1. The summed E-state index contributed by atoms with van der Waals surface area (Å²) in [4.78, 5) is 4.23. The Morgan fingerprint density at radius 1 is 0.857 bits per heavy atom. The standard InChI is InChI=1S/C17H13NO3/c1-16-10-7-8-18-9-11(10)17(2,21-16)15-14(16)19-12-5-3-4-6-13(12)20-15/h3-9H,1-2H3/t16-,17+/m1/s1. The molecule has 0 radical (unpaired) electrons. The van der Waals surface area contributed by atoms with Gasteiger partial charge in [-0.05, 0) is 32.0 Å². The topological polar surface area (TPSA) is 40.6 Å². The van der Waals surface area contributed by atoms with Crippen molar-refractivity contribution in [2.75, 3.05) is 0 Å². The number of nitrogens with zero attached hydrogens (tertiary/aromatic N) is 1. The third-order valence-electron chi connectivity index (χ3n) is 4.60. The number of rotatable bonds is 0. The summed E-state index contributed by atoms with van der Waals surface area (Å²) in [6.07, 6.45) is 3.64. The summed E-state index contributed by atoms with van der Waals surface area (Å²) < 4.78 is 18.6. The maximum Gasteiger partial charge on any atom is 0.182 e. The van der Waals surface area contributed by atoms with Gasteiger partial charge in [0.05, 0.1) is 0 Å². The van der Waals surface area contributed by atoms with Gasteiger partial charge >= 0.3 is 0 Å². The van der Waals surface area contributed by atoms with Crippen molar-refractivity contribution in [3.05, 3.63) is 65.4 Å². The van der Waals surface area contributed by atoms with Crippen LogP contribution in [-0.4, -0.2) is 4.98 Å². The molecule has 104 valence electrons. The highest BCUT2D eigenvalue weighted by Gasteiger charge is 2.64. The van der Waals surface area contributed by atoms with Crippen LogP contribution in [0.2, 0.25) is 0 Å². The Labute approximate surface area is 122 Å². The van der Waals surface area contributed by atoms with E-state index < -0.39 is 11.2 Å². The first-order valence-corrected chi connectivity index (χ1v) is 6.98. The molecule has 0 spiro atoms. The molecule has 4 nitrogen and oxygen atoms in total. The van der Waals surface area contributed by atoms with E-state index in [-0.39, 0.29) is 0 Å². The van der Waals surface area contributed by atoms with Crippen LogP contribution >= 0.6 is 0 Å². The van der Waals surface area contributed by atoms with Crippen LogP contribution in [0.25, 0.3) is 0 Å². The van der Waals surface area contributed by atoms with E-state index in [1.54, 1.807) is 6.20 Å². The fourth-order valence-electron chi connectivity index (χ4n) is 3.61. The molecule has 5 rings (SSSR count). The number of fused-ring (bicyclic) bond motifs is 8. The molecule has 0 unspecified atom stereocenters. The van der Waals surface area contributed by atoms with E-state index in [1.165, 1.54) is 0 Å². The summed E-state index contributed by atoms with van der Waals surface area (Å²) in [5.41, 5.74) is 0.896. The lowest BCUT2D eigenvalue weighted by Crippen LogP contribution is -2.30. The predicted octanol–water partition coefficient (Wildman–Crippen LogP) is 3.24. The molecule has 0 N–H and O–H groups in total. The Hall–Kier alpha value is -2.33. The van der Waals surface area contributed by atoms with Gasteiger partial charge < -0.3 is 14.2 Å². The normalized spacial score (nSPS) is 31.1. The molecule has 4 heteroatoms. The van der Waals surface area contributed by atoms with Gasteiger partial charge in [0.15, 0.2) is 34.2 Å². The zero-order valence-corrected chi connectivity index (χ0v) is 11.7. The number of pyridine rings is 1. The lowest BCUT2D eigenvalue weighted by atomic mass is 9.81. The van der Waals surface area contributed by atoms with Crippen molar-refractivity contribution in [2.24, 2.45) is 0 Å². The molecule has 2 aromatic rings. The van der Waals surface area contributed by atoms with Gasteiger partial charge in [0, 0.05) is 23.5 Å². The first-order chi connectivity index (χ1) is 10.1. The summed E-state index contributed by atoms with van der Waals surface area (Å²) in [5.74, 6) is 2.95. The van der Waals surface area contributed by atoms with Crippen LogP contribution in [0, 0.1) is 0 Å². The minimum Gasteiger partial charge on any atom is -0.451 e. The molecule has 0 amide bonds. The van der Waals surface area contributed by atoms with Crippen LogP contribution in [0.4, 0.5) is 0 Å². The quantitative estimate of drug-likeness (QED) is 0.742. The van der Waals surface area contributed by atoms with Crippen molar-refractivity contribution in [3.63, 3.8) is 0 Å². The largest absolute Gasteiger partial charge is 0.451 e. The van der Waals surface area contributed by atoms with Gasteiger partial charge in [0.2, 0.25) is 0 Å². The molecule has 2 bridgehead atoms. The number of ether oxygens (including phenoxy) is 3. The molecule has 1 aromatic carbocycles. The van der Waals surface area contributed by atoms with Crippen LogP contribution in [0.15, 0.2) is 54.2 Å². The van der Waals surface area contributed by atoms with Crippen molar-refractivity contribution >= 4 is 0 Å². The van der Waals surface area contributed by atoms with Crippen LogP contribution < -0.4 is 9.47 Å². The zero-order valence-electron chi connectivity index (χ0n) is 11.7. The number of hydrogen-bond donors (Lipinski definition) is 0. The Morgan fingerprint density at radius 2 is 1.48 bits per heavy atom. The zero-order chi connectivity index (χ0) is 14.2. The average Bonchev–Trinajstić information content (AvgIpc) is 2.89. The Balaban J connectivity index is 1.76. The Bertz CT molecular complexity index is 762. The molecule has 21 heavy (non-hydrogen) atoms. The fraction of sp³-hybridized carbons (Fsp3) is 0.235. The van der Waals surface area contributed by atoms with Crippen LogP contribution in [-0.2, 0) is 15.9 Å². The average molecular weight is 279 g/mol. The van der Waals surface area contributed by atoms with Crippen molar-refractivity contribution in [1.82, 2.24) is 4.98 Å². The van der Waals surface area contributed by atoms with Crippen molar-refractivity contribution in [3.8, 4) is 11.5 Å². The molecule has 2 atom stereocenters. The lowest BCUT2D eigenvalue weighted by Gasteiger charge is -2.31. The maximum absolute atomic E-state index is 6.33. The second-order valence-corrected chi connectivity index (χ2v) is 5.90. The monoisotopic (exact) mass is 279 g/mol. The van der Waals surface area contributed by atoms with Gasteiger partial charge in [0.1, 0.15) is 0 Å². The van der Waals surface area contributed by atoms with Gasteiger partial charge in [-0.1, -0.05) is 12.1 Å². The highest BCUT2D eigenvalue weighted by Crippen LogP contribution is 2.62. The molecule has 1 aromatic heterocycles. The van der Waals surface area contributed by atoms with E-state index in [0.29, 0.717) is 0 Å². The van der Waals surface area contributed by atoms with E-state index in [4.69, 9.17) is 14.2 Å². The minimum atomic E-state index is -0.638. The molecular weight excluding hydrogens is 266 g/mol. The van der Waals surface area contributed by atoms with Gasteiger partial charge in [0.25, 0.3) is 0 Å². The second-order valence-electron chi connectivity index (χ2n) is 5.90. The molecule has 0 fully saturated rings. The van der Waals surface area contributed by atoms with Gasteiger partial charge in [-0.15, -0.1) is 0 Å². The van der Waals surface area contributed by atoms with E-state index >= 15 is 0 Å². The van der Waals surface area contributed by atoms with E-state index in [0.717, 1.165) is 34.1 Å². The van der Waals surface area contributed by atoms with Crippen LogP contribution in [0.5, 0.6) is 11.5 Å². The number of benzene rings is 1. The van der Waals surface area contributed by atoms with Gasteiger partial charge in [-0.25, -0.2) is 0 Å². The third kappa shape index (κ3) is 1.14. The maximum atomic E-state index is 6.33. The SMILES string of the molecule is C[C@]12O[C@](C)(C3=C1Oc1ccccc1O3)c1cnccc12. The molecule has 0 saturated heterocycles. The molecule has 0 aliphatic carbocycles. The smallest absolute Gasteiger partial charge is 0.182 e. The van der Waals surface area contributed by atoms with Crippen LogP contribution in [0.3, 0.4) is 0 Å². The third-order valence-corrected chi connectivity index (χ3v) is 4.60. The fourth-order valence-corrected chi connectivity index (χ4v) is 3.61. The minimum absolute atomic E-state index is 0.615. The van der Waals surface area contributed by atoms with Gasteiger partial charge in [-0.3, -0.25) is 4.98 Å². The van der Waals surface area contributed by atoms with E-state index in [1.807, 2.05) is 50.4 Å². The van der Waals surface area contributed by atoms with Gasteiger partial charge in [-0.2, -0.15) is 0 Å².